The second-order valence-corrected chi connectivity index (χ2v) is 14.4. The molecule has 0 fully saturated rings. The van der Waals surface area contributed by atoms with Crippen molar-refractivity contribution in [1.29, 1.82) is 0 Å². The molecule has 12 rings (SSSR count). The lowest BCUT2D eigenvalue weighted by atomic mass is 9.92. The molecule has 1 aromatic heterocycles. The fraction of sp³-hybridized carbons (Fsp3) is 0. The summed E-state index contributed by atoms with van der Waals surface area (Å²) in [6, 6.07) is 68.6. The van der Waals surface area contributed by atoms with Gasteiger partial charge < -0.3 is 9.32 Å². The normalized spacial score (nSPS) is 12.1. The molecule has 0 spiro atoms. The zero-order valence-corrected chi connectivity index (χ0v) is 29.3. The van der Waals surface area contributed by atoms with Crippen molar-refractivity contribution in [2.45, 2.75) is 0 Å². The fourth-order valence-electron chi connectivity index (χ4n) is 9.13. The third kappa shape index (κ3) is 4.17. The minimum Gasteiger partial charge on any atom is -0.456 e. The molecule has 11 aromatic rings. The lowest BCUT2D eigenvalue weighted by molar-refractivity contribution is 0.669. The van der Waals surface area contributed by atoms with Crippen molar-refractivity contribution in [3.63, 3.8) is 0 Å². The van der Waals surface area contributed by atoms with Crippen molar-refractivity contribution >= 4 is 82.1 Å². The number of nitrogens with zero attached hydrogens (tertiary/aromatic N) is 1. The van der Waals surface area contributed by atoms with E-state index in [1.54, 1.807) is 0 Å². The van der Waals surface area contributed by atoms with Gasteiger partial charge >= 0.3 is 0 Å². The maximum Gasteiger partial charge on any atom is 0.138 e. The van der Waals surface area contributed by atoms with Crippen LogP contribution in [0.2, 0.25) is 0 Å². The first-order valence-electron chi connectivity index (χ1n) is 18.6. The van der Waals surface area contributed by atoms with Gasteiger partial charge in [0.05, 0.1) is 11.4 Å². The summed E-state index contributed by atoms with van der Waals surface area (Å²) >= 11 is 0. The molecular formula is C52H31NO. The number of rotatable bonds is 5. The minimum absolute atomic E-state index is 0.895. The first-order chi connectivity index (χ1) is 26.8. The zero-order chi connectivity index (χ0) is 35.3. The van der Waals surface area contributed by atoms with E-state index in [1.165, 1.54) is 87.2 Å². The van der Waals surface area contributed by atoms with Gasteiger partial charge in [-0.05, 0) is 85.1 Å². The van der Waals surface area contributed by atoms with Gasteiger partial charge in [-0.3, -0.25) is 0 Å². The first-order valence-corrected chi connectivity index (χ1v) is 18.6. The second-order valence-electron chi connectivity index (χ2n) is 14.4. The summed E-state index contributed by atoms with van der Waals surface area (Å²) in [5.74, 6) is 0. The van der Waals surface area contributed by atoms with E-state index in [0.717, 1.165) is 28.2 Å². The van der Waals surface area contributed by atoms with Gasteiger partial charge in [0, 0.05) is 44.2 Å². The van der Waals surface area contributed by atoms with E-state index in [4.69, 9.17) is 4.42 Å². The molecule has 1 aliphatic rings. The highest BCUT2D eigenvalue weighted by Crippen LogP contribution is 2.53. The largest absolute Gasteiger partial charge is 0.456 e. The molecule has 54 heavy (non-hydrogen) atoms. The molecule has 1 heterocycles. The van der Waals surface area contributed by atoms with Gasteiger partial charge in [-0.1, -0.05) is 152 Å². The molecule has 0 saturated carbocycles. The summed E-state index contributed by atoms with van der Waals surface area (Å²) in [5.41, 5.74) is 12.3. The van der Waals surface area contributed by atoms with Crippen molar-refractivity contribution in [1.82, 2.24) is 0 Å². The van der Waals surface area contributed by atoms with E-state index in [2.05, 4.69) is 193 Å². The van der Waals surface area contributed by atoms with Crippen LogP contribution in [0.3, 0.4) is 0 Å². The van der Waals surface area contributed by atoms with Gasteiger partial charge in [0.2, 0.25) is 0 Å². The smallest absolute Gasteiger partial charge is 0.138 e. The van der Waals surface area contributed by atoms with Crippen LogP contribution in [-0.4, -0.2) is 0 Å². The molecule has 2 nitrogen and oxygen atoms in total. The van der Waals surface area contributed by atoms with E-state index in [0.29, 0.717) is 0 Å². The molecule has 0 N–H and O–H groups in total. The lowest BCUT2D eigenvalue weighted by Crippen LogP contribution is -2.12. The topological polar surface area (TPSA) is 16.4 Å². The molecule has 250 valence electrons. The number of furan rings is 1. The monoisotopic (exact) mass is 685 g/mol. The Kier molecular flexibility index (Phi) is 6.09. The lowest BCUT2D eigenvalue weighted by Gasteiger charge is -2.30. The molecule has 0 saturated heterocycles. The van der Waals surface area contributed by atoms with Gasteiger partial charge in [-0.2, -0.15) is 0 Å². The van der Waals surface area contributed by atoms with Gasteiger partial charge in [0.1, 0.15) is 11.2 Å². The Labute approximate surface area is 311 Å². The highest BCUT2D eigenvalue weighted by molar-refractivity contribution is 6.38. The van der Waals surface area contributed by atoms with Crippen LogP contribution in [0.25, 0.3) is 98.4 Å². The van der Waals surface area contributed by atoms with Gasteiger partial charge in [-0.15, -0.1) is 0 Å². The minimum atomic E-state index is 0.895. The van der Waals surface area contributed by atoms with E-state index in [1.807, 2.05) is 0 Å². The van der Waals surface area contributed by atoms with Crippen molar-refractivity contribution < 1.29 is 4.42 Å². The summed E-state index contributed by atoms with van der Waals surface area (Å²) in [7, 11) is 0. The van der Waals surface area contributed by atoms with E-state index >= 15 is 0 Å². The van der Waals surface area contributed by atoms with Crippen LogP contribution < -0.4 is 4.90 Å². The third-order valence-corrected chi connectivity index (χ3v) is 11.5. The Morgan fingerprint density at radius 2 is 0.889 bits per heavy atom. The van der Waals surface area contributed by atoms with Crippen molar-refractivity contribution in [2.24, 2.45) is 0 Å². The molecule has 0 radical (unpaired) electrons. The zero-order valence-electron chi connectivity index (χ0n) is 29.3. The highest BCUT2D eigenvalue weighted by Gasteiger charge is 2.27. The van der Waals surface area contributed by atoms with Crippen LogP contribution in [0.4, 0.5) is 17.1 Å². The third-order valence-electron chi connectivity index (χ3n) is 11.5. The van der Waals surface area contributed by atoms with Crippen LogP contribution in [0.1, 0.15) is 0 Å². The summed E-state index contributed by atoms with van der Waals surface area (Å²) in [4.78, 5) is 2.47. The van der Waals surface area contributed by atoms with Crippen LogP contribution in [0.15, 0.2) is 192 Å². The Bertz CT molecular complexity index is 3300. The quantitative estimate of drug-likeness (QED) is 0.168. The van der Waals surface area contributed by atoms with Crippen LogP contribution in [0, 0.1) is 0 Å². The Hall–Kier alpha value is -7.16. The number of anilines is 3. The fourth-order valence-corrected chi connectivity index (χ4v) is 9.13. The molecule has 0 unspecified atom stereocenters. The predicted octanol–water partition coefficient (Wildman–Crippen LogP) is 15.0. The summed E-state index contributed by atoms with van der Waals surface area (Å²) < 4.78 is 6.94. The van der Waals surface area contributed by atoms with Gasteiger partial charge in [-0.25, -0.2) is 0 Å². The Morgan fingerprint density at radius 1 is 0.315 bits per heavy atom. The maximum absolute atomic E-state index is 6.94. The molecule has 10 aromatic carbocycles. The summed E-state index contributed by atoms with van der Waals surface area (Å²) in [5, 5.41) is 12.2. The maximum atomic E-state index is 6.94. The average Bonchev–Trinajstić information content (AvgIpc) is 3.56. The van der Waals surface area contributed by atoms with E-state index < -0.39 is 0 Å². The molecule has 2 heteroatoms. The molecule has 0 aliphatic heterocycles. The van der Waals surface area contributed by atoms with Crippen molar-refractivity contribution in [3.05, 3.63) is 188 Å². The number of hydrogen-bond acceptors (Lipinski definition) is 2. The molecule has 0 bridgehead atoms. The highest BCUT2D eigenvalue weighted by atomic mass is 16.3. The number of fused-ring (bicyclic) bond motifs is 2. The van der Waals surface area contributed by atoms with Crippen LogP contribution >= 0.6 is 0 Å². The molecule has 0 atom stereocenters. The van der Waals surface area contributed by atoms with E-state index in [9.17, 15) is 0 Å². The Balaban J connectivity index is 1.24. The van der Waals surface area contributed by atoms with E-state index in [-0.39, 0.29) is 0 Å². The van der Waals surface area contributed by atoms with Crippen LogP contribution in [0.5, 0.6) is 0 Å². The standard InChI is InChI=1S/C52H31NO/c1-3-11-32(12-4-1)33-21-25-39(26-22-33)53(44-30-38-16-8-7-15-37(38)29-43(44)34-13-5-2-6-14-34)45-31-47-52-50-42(45)27-23-35-17-9-19-40(48(35)50)41-20-10-18-36-24-28-46(54-47)51(52)49(36)41/h1-31H. The summed E-state index contributed by atoms with van der Waals surface area (Å²) in [6.07, 6.45) is 0. The van der Waals surface area contributed by atoms with Crippen LogP contribution in [-0.2, 0) is 0 Å². The first kappa shape index (κ1) is 29.4. The van der Waals surface area contributed by atoms with Gasteiger partial charge in [0.15, 0.2) is 0 Å². The average molecular weight is 686 g/mol. The second kappa shape index (κ2) is 11.2. The van der Waals surface area contributed by atoms with Crippen molar-refractivity contribution in [2.75, 3.05) is 4.90 Å². The predicted molar refractivity (Wildman–Crippen MR) is 228 cm³/mol. The SMILES string of the molecule is c1ccc(-c2ccc(N(c3cc4ccccc4cc3-c3ccccc3)c3cc4oc5ccc6cccc7c6c5c4c4c3ccc3cccc-7c34)cc2)cc1. The molecule has 1 aliphatic carbocycles. The molecular weight excluding hydrogens is 655 g/mol. The van der Waals surface area contributed by atoms with Crippen molar-refractivity contribution in [3.8, 4) is 33.4 Å². The van der Waals surface area contributed by atoms with Gasteiger partial charge in [0.25, 0.3) is 0 Å². The summed E-state index contributed by atoms with van der Waals surface area (Å²) in [6.45, 7) is 0. The number of benzene rings is 10. The number of hydrogen-bond donors (Lipinski definition) is 0. The Morgan fingerprint density at radius 3 is 1.61 bits per heavy atom. The molecule has 0 amide bonds.